The smallest absolute Gasteiger partial charge is 0.220 e. The van der Waals surface area contributed by atoms with Gasteiger partial charge in [0, 0.05) is 6.42 Å². The Morgan fingerprint density at radius 2 is 0.710 bits per heavy atom. The number of carbonyl (C=O) groups is 1. The topological polar surface area (TPSA) is 69.6 Å². The standard InChI is InChI=1S/C58H99NO3/c1-3-5-7-9-11-13-15-16-17-18-19-20-21-22-23-24-25-26-27-28-29-30-31-32-33-34-35-36-37-38-39-40-41-42-44-46-48-50-52-54-58(62)59-56(55-60)57(61)53-51-49-47-45-43-14-12-10-8-6-4-2/h5,7,11,13,16-17,19-20,22-23,25-26,28-29,31-32,51,53,56-57,60-61H,3-4,6,8-10,12,14-15,18,21,24,27,30,33-50,52,54-55H2,1-2H3,(H,59,62)/b7-5-,13-11-,17-16-,20-19-,23-22-,26-25-,29-28-,32-31-,53-51+. The SMILES string of the molecule is CC/C=C\C/C=C\C/C=C\C/C=C\C/C=C\C/C=C\C/C=C\C/C=C\CCCCCCCCCCCCCCCCC(=O)NC(CO)C(O)/C=C/CCCCCCCCCCC. The van der Waals surface area contributed by atoms with Crippen LogP contribution < -0.4 is 5.32 Å². The van der Waals surface area contributed by atoms with Crippen LogP contribution in [-0.2, 0) is 4.79 Å². The quantitative estimate of drug-likeness (QED) is 0.0422. The number of hydrogen-bond acceptors (Lipinski definition) is 3. The number of rotatable bonds is 46. The zero-order valence-electron chi connectivity index (χ0n) is 40.6. The summed E-state index contributed by atoms with van der Waals surface area (Å²) in [6.07, 6.45) is 79.5. The fraction of sp³-hybridized carbons (Fsp3) is 0.672. The van der Waals surface area contributed by atoms with Crippen LogP contribution in [-0.4, -0.2) is 34.9 Å². The molecule has 0 fully saturated rings. The van der Waals surface area contributed by atoms with Crippen molar-refractivity contribution in [2.45, 2.75) is 244 Å². The van der Waals surface area contributed by atoms with Gasteiger partial charge in [-0.2, -0.15) is 0 Å². The minimum atomic E-state index is -0.842. The lowest BCUT2D eigenvalue weighted by molar-refractivity contribution is -0.123. The summed E-state index contributed by atoms with van der Waals surface area (Å²) in [5.74, 6) is -0.0698. The molecule has 1 amide bonds. The summed E-state index contributed by atoms with van der Waals surface area (Å²) < 4.78 is 0. The molecule has 0 spiro atoms. The second kappa shape index (κ2) is 52.4. The third-order valence-corrected chi connectivity index (χ3v) is 11.3. The predicted octanol–water partition coefficient (Wildman–Crippen LogP) is 17.1. The third-order valence-electron chi connectivity index (χ3n) is 11.3. The largest absolute Gasteiger partial charge is 0.394 e. The summed E-state index contributed by atoms with van der Waals surface area (Å²) in [6.45, 7) is 4.17. The molecule has 0 rings (SSSR count). The van der Waals surface area contributed by atoms with Crippen molar-refractivity contribution in [1.82, 2.24) is 5.32 Å². The van der Waals surface area contributed by atoms with Gasteiger partial charge in [-0.1, -0.05) is 252 Å². The van der Waals surface area contributed by atoms with Crippen molar-refractivity contribution in [3.8, 4) is 0 Å². The van der Waals surface area contributed by atoms with Crippen LogP contribution in [0.25, 0.3) is 0 Å². The number of nitrogens with one attached hydrogen (secondary N) is 1. The maximum atomic E-state index is 12.4. The van der Waals surface area contributed by atoms with Gasteiger partial charge in [-0.3, -0.25) is 4.79 Å². The van der Waals surface area contributed by atoms with Crippen LogP contribution in [0.1, 0.15) is 232 Å². The van der Waals surface area contributed by atoms with E-state index in [1.807, 2.05) is 6.08 Å². The zero-order chi connectivity index (χ0) is 44.9. The molecule has 0 aliphatic carbocycles. The molecule has 62 heavy (non-hydrogen) atoms. The third kappa shape index (κ3) is 48.1. The second-order valence-electron chi connectivity index (χ2n) is 17.2. The van der Waals surface area contributed by atoms with Crippen LogP contribution in [0.2, 0.25) is 0 Å². The Bertz CT molecular complexity index is 1200. The van der Waals surface area contributed by atoms with Crippen LogP contribution >= 0.6 is 0 Å². The average Bonchev–Trinajstić information content (AvgIpc) is 3.28. The van der Waals surface area contributed by atoms with Crippen molar-refractivity contribution < 1.29 is 15.0 Å². The number of allylic oxidation sites excluding steroid dienone is 17. The van der Waals surface area contributed by atoms with Crippen LogP contribution in [0.4, 0.5) is 0 Å². The van der Waals surface area contributed by atoms with Gasteiger partial charge < -0.3 is 15.5 Å². The summed E-state index contributed by atoms with van der Waals surface area (Å²) >= 11 is 0. The highest BCUT2D eigenvalue weighted by Gasteiger charge is 2.18. The highest BCUT2D eigenvalue weighted by atomic mass is 16.3. The Kier molecular flexibility index (Phi) is 49.9. The van der Waals surface area contributed by atoms with Crippen molar-refractivity contribution in [1.29, 1.82) is 0 Å². The fourth-order valence-electron chi connectivity index (χ4n) is 7.31. The van der Waals surface area contributed by atoms with E-state index in [0.717, 1.165) is 77.0 Å². The predicted molar refractivity (Wildman–Crippen MR) is 276 cm³/mol. The number of carbonyl (C=O) groups excluding carboxylic acids is 1. The zero-order valence-corrected chi connectivity index (χ0v) is 40.6. The first kappa shape index (κ1) is 59.0. The maximum absolute atomic E-state index is 12.4. The average molecular weight is 858 g/mol. The number of hydrogen-bond donors (Lipinski definition) is 3. The molecule has 0 aromatic carbocycles. The van der Waals surface area contributed by atoms with E-state index in [9.17, 15) is 15.0 Å². The normalized spacial score (nSPS) is 13.8. The molecule has 0 bridgehead atoms. The molecular formula is C58H99NO3. The van der Waals surface area contributed by atoms with Crippen LogP contribution in [0.3, 0.4) is 0 Å². The number of aliphatic hydroxyl groups excluding tert-OH is 2. The number of amides is 1. The van der Waals surface area contributed by atoms with Crippen molar-refractivity contribution >= 4 is 5.91 Å². The van der Waals surface area contributed by atoms with E-state index < -0.39 is 12.1 Å². The fourth-order valence-corrected chi connectivity index (χ4v) is 7.31. The molecule has 4 heteroatoms. The molecule has 0 aliphatic heterocycles. The van der Waals surface area contributed by atoms with Crippen molar-refractivity contribution in [3.63, 3.8) is 0 Å². The maximum Gasteiger partial charge on any atom is 0.220 e. The molecular weight excluding hydrogens is 759 g/mol. The minimum absolute atomic E-state index is 0.0698. The minimum Gasteiger partial charge on any atom is -0.394 e. The van der Waals surface area contributed by atoms with Crippen LogP contribution in [0, 0.1) is 0 Å². The molecule has 0 aromatic heterocycles. The van der Waals surface area contributed by atoms with E-state index >= 15 is 0 Å². The Morgan fingerprint density at radius 3 is 1.06 bits per heavy atom. The molecule has 0 aliphatic rings. The Hall–Kier alpha value is -2.95. The van der Waals surface area contributed by atoms with Gasteiger partial charge in [-0.05, 0) is 83.5 Å². The van der Waals surface area contributed by atoms with E-state index in [-0.39, 0.29) is 12.5 Å². The van der Waals surface area contributed by atoms with Crippen molar-refractivity contribution in [2.24, 2.45) is 0 Å². The van der Waals surface area contributed by atoms with E-state index in [1.165, 1.54) is 135 Å². The Balaban J connectivity index is 3.54. The highest BCUT2D eigenvalue weighted by Crippen LogP contribution is 2.15. The van der Waals surface area contributed by atoms with Gasteiger partial charge >= 0.3 is 0 Å². The molecule has 0 saturated carbocycles. The van der Waals surface area contributed by atoms with Crippen molar-refractivity contribution in [2.75, 3.05) is 6.61 Å². The molecule has 4 nitrogen and oxygen atoms in total. The van der Waals surface area contributed by atoms with Gasteiger partial charge in [-0.15, -0.1) is 0 Å². The lowest BCUT2D eigenvalue weighted by Gasteiger charge is -2.20. The molecule has 0 heterocycles. The number of unbranched alkanes of at least 4 members (excludes halogenated alkanes) is 23. The van der Waals surface area contributed by atoms with E-state index in [2.05, 4.69) is 116 Å². The highest BCUT2D eigenvalue weighted by molar-refractivity contribution is 5.76. The lowest BCUT2D eigenvalue weighted by Crippen LogP contribution is -2.45. The number of aliphatic hydroxyl groups is 2. The molecule has 0 radical (unpaired) electrons. The summed E-state index contributed by atoms with van der Waals surface area (Å²) in [4.78, 5) is 12.4. The Morgan fingerprint density at radius 1 is 0.403 bits per heavy atom. The van der Waals surface area contributed by atoms with E-state index in [1.54, 1.807) is 6.08 Å². The molecule has 354 valence electrons. The molecule has 0 aromatic rings. The molecule has 3 N–H and O–H groups in total. The van der Waals surface area contributed by atoms with Gasteiger partial charge in [0.1, 0.15) is 0 Å². The van der Waals surface area contributed by atoms with Gasteiger partial charge in [0.25, 0.3) is 0 Å². The summed E-state index contributed by atoms with van der Waals surface area (Å²) in [5, 5.41) is 23.0. The van der Waals surface area contributed by atoms with Crippen molar-refractivity contribution in [3.05, 3.63) is 109 Å². The van der Waals surface area contributed by atoms with Gasteiger partial charge in [0.2, 0.25) is 5.91 Å². The summed E-state index contributed by atoms with van der Waals surface area (Å²) in [6, 6.07) is -0.626. The first-order chi connectivity index (χ1) is 30.7. The molecule has 2 atom stereocenters. The lowest BCUT2D eigenvalue weighted by atomic mass is 10.0. The Labute approximate surface area is 385 Å². The first-order valence-electron chi connectivity index (χ1n) is 26.1. The van der Waals surface area contributed by atoms with Gasteiger partial charge in [-0.25, -0.2) is 0 Å². The molecule has 0 saturated heterocycles. The molecule has 2 unspecified atom stereocenters. The first-order valence-corrected chi connectivity index (χ1v) is 26.1. The van der Waals surface area contributed by atoms with Gasteiger partial charge in [0.15, 0.2) is 0 Å². The monoisotopic (exact) mass is 858 g/mol. The van der Waals surface area contributed by atoms with E-state index in [4.69, 9.17) is 0 Å². The van der Waals surface area contributed by atoms with Crippen LogP contribution in [0.15, 0.2) is 109 Å². The van der Waals surface area contributed by atoms with Crippen LogP contribution in [0.5, 0.6) is 0 Å². The summed E-state index contributed by atoms with van der Waals surface area (Å²) in [5.41, 5.74) is 0. The van der Waals surface area contributed by atoms with Gasteiger partial charge in [0.05, 0.1) is 18.8 Å². The summed E-state index contributed by atoms with van der Waals surface area (Å²) in [7, 11) is 0. The van der Waals surface area contributed by atoms with E-state index in [0.29, 0.717) is 6.42 Å². The second-order valence-corrected chi connectivity index (χ2v) is 17.2.